The third-order valence-electron chi connectivity index (χ3n) is 4.16. The Labute approximate surface area is 155 Å². The molecule has 4 amide bonds. The number of urea groups is 1. The van der Waals surface area contributed by atoms with Gasteiger partial charge in [0.1, 0.15) is 5.00 Å². The van der Waals surface area contributed by atoms with Crippen LogP contribution < -0.4 is 16.0 Å². The van der Waals surface area contributed by atoms with Gasteiger partial charge in [0.2, 0.25) is 5.91 Å². The van der Waals surface area contributed by atoms with Gasteiger partial charge in [-0.15, -0.1) is 11.3 Å². The van der Waals surface area contributed by atoms with Crippen LogP contribution >= 0.6 is 11.3 Å². The standard InChI is InChI=1S/C17H23N3O5S/c1-9-10(2)26-15(18-11(3)21)14(9)16(23)25-8-13(22)20-17(24)19-12-6-4-5-7-12/h12H,4-8H2,1-3H3,(H,18,21)(H2,19,20,22,24). The van der Waals surface area contributed by atoms with Crippen molar-refractivity contribution in [1.82, 2.24) is 10.6 Å². The molecule has 1 aromatic rings. The number of aryl methyl sites for hydroxylation is 1. The number of nitrogens with one attached hydrogen (secondary N) is 3. The first-order chi connectivity index (χ1) is 12.3. The molecule has 0 radical (unpaired) electrons. The third kappa shape index (κ3) is 5.29. The summed E-state index contributed by atoms with van der Waals surface area (Å²) in [6, 6.07) is -0.499. The molecule has 2 rings (SSSR count). The van der Waals surface area contributed by atoms with Crippen molar-refractivity contribution in [2.24, 2.45) is 0 Å². The van der Waals surface area contributed by atoms with Gasteiger partial charge in [-0.05, 0) is 32.3 Å². The smallest absolute Gasteiger partial charge is 0.341 e. The molecule has 1 heterocycles. The SMILES string of the molecule is CC(=O)Nc1sc(C)c(C)c1C(=O)OCC(=O)NC(=O)NC1CCCC1. The van der Waals surface area contributed by atoms with Crippen LogP contribution in [0.15, 0.2) is 0 Å². The molecule has 142 valence electrons. The quantitative estimate of drug-likeness (QED) is 0.677. The maximum absolute atomic E-state index is 12.3. The van der Waals surface area contributed by atoms with Gasteiger partial charge in [-0.1, -0.05) is 12.8 Å². The molecule has 0 unspecified atom stereocenters. The van der Waals surface area contributed by atoms with Gasteiger partial charge in [0.15, 0.2) is 6.61 Å². The molecular weight excluding hydrogens is 358 g/mol. The van der Waals surface area contributed by atoms with Crippen molar-refractivity contribution in [3.63, 3.8) is 0 Å². The Hall–Kier alpha value is -2.42. The van der Waals surface area contributed by atoms with Gasteiger partial charge >= 0.3 is 12.0 Å². The molecule has 9 heteroatoms. The zero-order chi connectivity index (χ0) is 19.3. The van der Waals surface area contributed by atoms with Crippen molar-refractivity contribution in [3.8, 4) is 0 Å². The summed E-state index contributed by atoms with van der Waals surface area (Å²) in [5.41, 5.74) is 0.911. The second-order valence-corrected chi connectivity index (χ2v) is 7.47. The molecule has 0 bridgehead atoms. The number of ether oxygens (including phenoxy) is 1. The van der Waals surface area contributed by atoms with Gasteiger partial charge in [-0.25, -0.2) is 9.59 Å². The summed E-state index contributed by atoms with van der Waals surface area (Å²) in [4.78, 5) is 48.0. The van der Waals surface area contributed by atoms with Gasteiger partial charge < -0.3 is 15.4 Å². The van der Waals surface area contributed by atoms with E-state index in [1.807, 2.05) is 6.92 Å². The van der Waals surface area contributed by atoms with E-state index < -0.39 is 24.5 Å². The fourth-order valence-corrected chi connectivity index (χ4v) is 3.87. The monoisotopic (exact) mass is 381 g/mol. The highest BCUT2D eigenvalue weighted by Gasteiger charge is 2.23. The minimum Gasteiger partial charge on any atom is -0.452 e. The molecule has 0 aromatic carbocycles. The van der Waals surface area contributed by atoms with E-state index in [1.165, 1.54) is 18.3 Å². The number of anilines is 1. The van der Waals surface area contributed by atoms with E-state index in [0.29, 0.717) is 10.6 Å². The van der Waals surface area contributed by atoms with E-state index in [2.05, 4.69) is 16.0 Å². The average Bonchev–Trinajstić information content (AvgIpc) is 3.13. The summed E-state index contributed by atoms with van der Waals surface area (Å²) in [7, 11) is 0. The van der Waals surface area contributed by atoms with Crippen molar-refractivity contribution in [2.45, 2.75) is 52.5 Å². The highest BCUT2D eigenvalue weighted by molar-refractivity contribution is 7.16. The van der Waals surface area contributed by atoms with Gasteiger partial charge in [-0.3, -0.25) is 14.9 Å². The van der Waals surface area contributed by atoms with Crippen molar-refractivity contribution < 1.29 is 23.9 Å². The Morgan fingerprint density at radius 1 is 1.15 bits per heavy atom. The Morgan fingerprint density at radius 3 is 2.42 bits per heavy atom. The van der Waals surface area contributed by atoms with Gasteiger partial charge in [0.05, 0.1) is 5.56 Å². The van der Waals surface area contributed by atoms with Crippen LogP contribution in [-0.4, -0.2) is 36.5 Å². The Morgan fingerprint density at radius 2 is 1.81 bits per heavy atom. The second-order valence-electron chi connectivity index (χ2n) is 6.25. The number of hydrogen-bond acceptors (Lipinski definition) is 6. The minimum absolute atomic E-state index is 0.0852. The molecule has 1 fully saturated rings. The molecule has 0 atom stereocenters. The van der Waals surface area contributed by atoms with E-state index >= 15 is 0 Å². The number of amides is 4. The molecule has 1 aliphatic rings. The highest BCUT2D eigenvalue weighted by atomic mass is 32.1. The number of thiophene rings is 1. The molecule has 1 saturated carbocycles. The first-order valence-corrected chi connectivity index (χ1v) is 9.24. The average molecular weight is 381 g/mol. The van der Waals surface area contributed by atoms with Crippen LogP contribution in [0.1, 0.15) is 53.4 Å². The summed E-state index contributed by atoms with van der Waals surface area (Å²) >= 11 is 1.26. The van der Waals surface area contributed by atoms with Crippen LogP contribution in [0, 0.1) is 13.8 Å². The molecule has 0 aliphatic heterocycles. The van der Waals surface area contributed by atoms with Crippen LogP contribution in [0.25, 0.3) is 0 Å². The van der Waals surface area contributed by atoms with Crippen molar-refractivity contribution in [3.05, 3.63) is 16.0 Å². The maximum atomic E-state index is 12.3. The van der Waals surface area contributed by atoms with Gasteiger partial charge in [0, 0.05) is 17.8 Å². The minimum atomic E-state index is -0.720. The highest BCUT2D eigenvalue weighted by Crippen LogP contribution is 2.32. The lowest BCUT2D eigenvalue weighted by atomic mass is 10.1. The van der Waals surface area contributed by atoms with Crippen molar-refractivity contribution in [2.75, 3.05) is 11.9 Å². The molecular formula is C17H23N3O5S. The largest absolute Gasteiger partial charge is 0.452 e. The zero-order valence-electron chi connectivity index (χ0n) is 15.1. The maximum Gasteiger partial charge on any atom is 0.341 e. The molecule has 1 aliphatic carbocycles. The predicted octanol–water partition coefficient (Wildman–Crippen LogP) is 2.25. The van der Waals surface area contributed by atoms with E-state index in [9.17, 15) is 19.2 Å². The first kappa shape index (κ1) is 19.9. The molecule has 26 heavy (non-hydrogen) atoms. The zero-order valence-corrected chi connectivity index (χ0v) is 15.9. The van der Waals surface area contributed by atoms with Crippen LogP contribution in [0.3, 0.4) is 0 Å². The fraction of sp³-hybridized carbons (Fsp3) is 0.529. The lowest BCUT2D eigenvalue weighted by molar-refractivity contribution is -0.123. The topological polar surface area (TPSA) is 114 Å². The normalized spacial score (nSPS) is 14.0. The molecule has 0 spiro atoms. The molecule has 1 aromatic heterocycles. The Balaban J connectivity index is 1.88. The number of hydrogen-bond donors (Lipinski definition) is 3. The Kier molecular flexibility index (Phi) is 6.73. The number of carbonyl (C=O) groups excluding carboxylic acids is 4. The number of carbonyl (C=O) groups is 4. The fourth-order valence-electron chi connectivity index (χ4n) is 2.78. The van der Waals surface area contributed by atoms with E-state index in [-0.39, 0.29) is 17.5 Å². The number of esters is 1. The van der Waals surface area contributed by atoms with Crippen molar-refractivity contribution >= 4 is 40.2 Å². The first-order valence-electron chi connectivity index (χ1n) is 8.43. The lowest BCUT2D eigenvalue weighted by Crippen LogP contribution is -2.45. The number of imide groups is 1. The lowest BCUT2D eigenvalue weighted by Gasteiger charge is -2.12. The molecule has 3 N–H and O–H groups in total. The van der Waals surface area contributed by atoms with Crippen LogP contribution in [0.4, 0.5) is 9.80 Å². The number of rotatable bonds is 5. The summed E-state index contributed by atoms with van der Waals surface area (Å²) in [5, 5.41) is 7.84. The van der Waals surface area contributed by atoms with Crippen molar-refractivity contribution in [1.29, 1.82) is 0 Å². The summed E-state index contributed by atoms with van der Waals surface area (Å²) in [5.74, 6) is -1.73. The second kappa shape index (κ2) is 8.79. The van der Waals surface area contributed by atoms with E-state index in [4.69, 9.17) is 4.74 Å². The van der Waals surface area contributed by atoms with Gasteiger partial charge in [0.25, 0.3) is 5.91 Å². The molecule has 8 nitrogen and oxygen atoms in total. The summed E-state index contributed by atoms with van der Waals surface area (Å²) < 4.78 is 5.00. The molecule has 0 saturated heterocycles. The Bertz CT molecular complexity index is 722. The van der Waals surface area contributed by atoms with Crippen LogP contribution in [0.5, 0.6) is 0 Å². The van der Waals surface area contributed by atoms with Crippen LogP contribution in [0.2, 0.25) is 0 Å². The van der Waals surface area contributed by atoms with E-state index in [0.717, 1.165) is 30.6 Å². The van der Waals surface area contributed by atoms with E-state index in [1.54, 1.807) is 6.92 Å². The van der Waals surface area contributed by atoms with Crippen LogP contribution in [-0.2, 0) is 14.3 Å². The van der Waals surface area contributed by atoms with Gasteiger partial charge in [-0.2, -0.15) is 0 Å². The summed E-state index contributed by atoms with van der Waals surface area (Å²) in [6.45, 7) is 4.33. The predicted molar refractivity (Wildman–Crippen MR) is 97.3 cm³/mol. The summed E-state index contributed by atoms with van der Waals surface area (Å²) in [6.07, 6.45) is 3.93. The third-order valence-corrected chi connectivity index (χ3v) is 5.28.